The molecule has 0 atom stereocenters. The van der Waals surface area contributed by atoms with E-state index in [0.717, 1.165) is 0 Å². The van der Waals surface area contributed by atoms with E-state index in [1.54, 1.807) is 7.05 Å². The molecule has 1 aromatic heterocycles. The number of Topliss-reactive ketones (excluding diaryl/α,β-unsaturated/α-hetero) is 1. The number of aromatic nitrogens is 3. The summed E-state index contributed by atoms with van der Waals surface area (Å²) < 4.78 is 1.91. The fourth-order valence-electron chi connectivity index (χ4n) is 1.12. The van der Waals surface area contributed by atoms with Crippen LogP contribution in [0.2, 0.25) is 0 Å². The quantitative estimate of drug-likeness (QED) is 0.820. The van der Waals surface area contributed by atoms with E-state index in [1.807, 2.05) is 13.8 Å². The second-order valence-corrected chi connectivity index (χ2v) is 4.69. The van der Waals surface area contributed by atoms with Crippen molar-refractivity contribution in [2.75, 3.05) is 0 Å². The van der Waals surface area contributed by atoms with Crippen LogP contribution in [0.3, 0.4) is 0 Å². The van der Waals surface area contributed by atoms with Crippen molar-refractivity contribution in [3.05, 3.63) is 10.3 Å². The predicted molar refractivity (Wildman–Crippen MR) is 55.9 cm³/mol. The third-order valence-electron chi connectivity index (χ3n) is 1.67. The molecule has 1 aromatic rings. The van der Waals surface area contributed by atoms with Crippen LogP contribution in [0, 0.1) is 0 Å². The van der Waals surface area contributed by atoms with Crippen LogP contribution in [0.25, 0.3) is 0 Å². The molecular formula is C8H13BrN4O. The molecule has 6 heteroatoms. The number of halogens is 1. The molecule has 0 fully saturated rings. The minimum absolute atomic E-state index is 0.0584. The average molecular weight is 261 g/mol. The van der Waals surface area contributed by atoms with Gasteiger partial charge in [0.05, 0.1) is 0 Å². The normalized spacial score (nSPS) is 11.8. The molecule has 0 saturated heterocycles. The first-order valence-corrected chi connectivity index (χ1v) is 4.98. The zero-order valence-corrected chi connectivity index (χ0v) is 10.00. The van der Waals surface area contributed by atoms with Crippen molar-refractivity contribution < 1.29 is 4.79 Å². The Morgan fingerprint density at radius 3 is 2.57 bits per heavy atom. The summed E-state index contributed by atoms with van der Waals surface area (Å²) in [4.78, 5) is 11.8. The number of hydrogen-bond donors (Lipinski definition) is 1. The van der Waals surface area contributed by atoms with Crippen molar-refractivity contribution in [1.82, 2.24) is 15.0 Å². The minimum Gasteiger partial charge on any atom is -0.325 e. The van der Waals surface area contributed by atoms with Crippen LogP contribution in [-0.2, 0) is 7.05 Å². The maximum Gasteiger partial charge on any atom is 0.185 e. The highest BCUT2D eigenvalue weighted by Crippen LogP contribution is 2.16. The van der Waals surface area contributed by atoms with Crippen molar-refractivity contribution in [3.8, 4) is 0 Å². The summed E-state index contributed by atoms with van der Waals surface area (Å²) in [5.41, 5.74) is 5.70. The first kappa shape index (κ1) is 11.3. The number of hydrogen-bond acceptors (Lipinski definition) is 4. The molecule has 0 aliphatic carbocycles. The van der Waals surface area contributed by atoms with E-state index >= 15 is 0 Å². The first-order chi connectivity index (χ1) is 6.31. The summed E-state index contributed by atoms with van der Waals surface area (Å²) >= 11 is 3.17. The molecule has 14 heavy (non-hydrogen) atoms. The molecule has 0 radical (unpaired) electrons. The Labute approximate surface area is 90.8 Å². The van der Waals surface area contributed by atoms with Gasteiger partial charge in [-0.1, -0.05) is 5.21 Å². The van der Waals surface area contributed by atoms with Crippen molar-refractivity contribution in [3.63, 3.8) is 0 Å². The monoisotopic (exact) mass is 260 g/mol. The SMILES string of the molecule is Cn1nnc(Br)c1C(=O)CC(C)(C)N. The Balaban J connectivity index is 2.90. The first-order valence-electron chi connectivity index (χ1n) is 4.18. The van der Waals surface area contributed by atoms with Gasteiger partial charge in [0.15, 0.2) is 10.4 Å². The molecule has 0 aromatic carbocycles. The van der Waals surface area contributed by atoms with Crippen molar-refractivity contribution in [2.45, 2.75) is 25.8 Å². The van der Waals surface area contributed by atoms with Gasteiger partial charge >= 0.3 is 0 Å². The van der Waals surface area contributed by atoms with Crippen LogP contribution >= 0.6 is 15.9 Å². The van der Waals surface area contributed by atoms with E-state index in [2.05, 4.69) is 26.2 Å². The largest absolute Gasteiger partial charge is 0.325 e. The molecule has 78 valence electrons. The summed E-state index contributed by atoms with van der Waals surface area (Å²) in [6, 6.07) is 0. The van der Waals surface area contributed by atoms with Crippen LogP contribution in [0.15, 0.2) is 4.60 Å². The molecule has 5 nitrogen and oxygen atoms in total. The lowest BCUT2D eigenvalue weighted by Gasteiger charge is -2.16. The fraction of sp³-hybridized carbons (Fsp3) is 0.625. The van der Waals surface area contributed by atoms with Crippen molar-refractivity contribution in [2.24, 2.45) is 12.8 Å². The zero-order valence-electron chi connectivity index (χ0n) is 8.41. The van der Waals surface area contributed by atoms with Gasteiger partial charge in [-0.05, 0) is 29.8 Å². The molecule has 0 bridgehead atoms. The van der Waals surface area contributed by atoms with Crippen LogP contribution in [-0.4, -0.2) is 26.3 Å². The Bertz CT molecular complexity index is 333. The second-order valence-electron chi connectivity index (χ2n) is 3.94. The van der Waals surface area contributed by atoms with Crippen LogP contribution in [0.4, 0.5) is 0 Å². The highest BCUT2D eigenvalue weighted by molar-refractivity contribution is 9.10. The Morgan fingerprint density at radius 1 is 1.64 bits per heavy atom. The third-order valence-corrected chi connectivity index (χ3v) is 2.20. The summed E-state index contributed by atoms with van der Waals surface area (Å²) in [5.74, 6) is -0.0584. The summed E-state index contributed by atoms with van der Waals surface area (Å²) in [7, 11) is 1.68. The number of aryl methyl sites for hydroxylation is 1. The predicted octanol–water partition coefficient (Wildman–Crippen LogP) is 0.888. The number of rotatable bonds is 3. The molecular weight excluding hydrogens is 248 g/mol. The molecule has 2 N–H and O–H groups in total. The van der Waals surface area contributed by atoms with Gasteiger partial charge in [0.25, 0.3) is 0 Å². The zero-order chi connectivity index (χ0) is 10.9. The minimum atomic E-state index is -0.513. The molecule has 0 unspecified atom stereocenters. The number of carbonyl (C=O) groups excluding carboxylic acids is 1. The lowest BCUT2D eigenvalue weighted by molar-refractivity contribution is 0.0950. The van der Waals surface area contributed by atoms with Gasteiger partial charge in [-0.25, -0.2) is 4.68 Å². The molecule has 0 spiro atoms. The summed E-state index contributed by atoms with van der Waals surface area (Å²) in [6.07, 6.45) is 0.271. The standard InChI is InChI=1S/C8H13BrN4O/c1-8(2,10)4-5(14)6-7(9)11-12-13(6)3/h4,10H2,1-3H3. The van der Waals surface area contributed by atoms with Gasteiger partial charge in [0.1, 0.15) is 5.69 Å². The highest BCUT2D eigenvalue weighted by Gasteiger charge is 2.22. The molecule has 0 amide bonds. The van der Waals surface area contributed by atoms with E-state index in [0.29, 0.717) is 10.3 Å². The summed E-state index contributed by atoms with van der Waals surface area (Å²) in [5, 5.41) is 7.46. The molecule has 0 saturated carbocycles. The van der Waals surface area contributed by atoms with E-state index in [9.17, 15) is 4.79 Å². The number of ketones is 1. The van der Waals surface area contributed by atoms with E-state index in [4.69, 9.17) is 5.73 Å². The molecule has 0 aliphatic heterocycles. The number of nitrogens with zero attached hydrogens (tertiary/aromatic N) is 3. The highest BCUT2D eigenvalue weighted by atomic mass is 79.9. The molecule has 1 heterocycles. The topological polar surface area (TPSA) is 73.8 Å². The Hall–Kier alpha value is -0.750. The van der Waals surface area contributed by atoms with Gasteiger partial charge in [0, 0.05) is 19.0 Å². The van der Waals surface area contributed by atoms with Gasteiger partial charge < -0.3 is 5.73 Å². The van der Waals surface area contributed by atoms with Crippen LogP contribution < -0.4 is 5.73 Å². The Morgan fingerprint density at radius 2 is 2.21 bits per heavy atom. The van der Waals surface area contributed by atoms with Gasteiger partial charge in [0.2, 0.25) is 0 Å². The lowest BCUT2D eigenvalue weighted by Crippen LogP contribution is -2.35. The maximum atomic E-state index is 11.8. The molecule has 0 aliphatic rings. The smallest absolute Gasteiger partial charge is 0.185 e. The van der Waals surface area contributed by atoms with Gasteiger partial charge in [-0.15, -0.1) is 5.10 Å². The van der Waals surface area contributed by atoms with Gasteiger partial charge in [-0.3, -0.25) is 4.79 Å². The third kappa shape index (κ3) is 2.62. The maximum absolute atomic E-state index is 11.8. The van der Waals surface area contributed by atoms with E-state index < -0.39 is 5.54 Å². The van der Waals surface area contributed by atoms with Crippen LogP contribution in [0.5, 0.6) is 0 Å². The van der Waals surface area contributed by atoms with E-state index in [-0.39, 0.29) is 12.2 Å². The van der Waals surface area contributed by atoms with Gasteiger partial charge in [-0.2, -0.15) is 0 Å². The van der Waals surface area contributed by atoms with Crippen LogP contribution in [0.1, 0.15) is 30.8 Å². The number of carbonyl (C=O) groups is 1. The van der Waals surface area contributed by atoms with E-state index in [1.165, 1.54) is 4.68 Å². The Kier molecular flexibility index (Phi) is 3.06. The van der Waals surface area contributed by atoms with Crippen molar-refractivity contribution in [1.29, 1.82) is 0 Å². The number of nitrogens with two attached hydrogens (primary N) is 1. The second kappa shape index (κ2) is 3.78. The fourth-order valence-corrected chi connectivity index (χ4v) is 1.67. The molecule has 1 rings (SSSR count). The average Bonchev–Trinajstić information content (AvgIpc) is 2.27. The lowest BCUT2D eigenvalue weighted by atomic mass is 9.98. The summed E-state index contributed by atoms with van der Waals surface area (Å²) in [6.45, 7) is 3.62. The van der Waals surface area contributed by atoms with Crippen molar-refractivity contribution >= 4 is 21.7 Å².